The lowest BCUT2D eigenvalue weighted by Gasteiger charge is -2.17. The van der Waals surface area contributed by atoms with E-state index < -0.39 is 0 Å². The molecule has 0 amide bonds. The minimum absolute atomic E-state index is 0.312. The van der Waals surface area contributed by atoms with Crippen LogP contribution in [-0.4, -0.2) is 11.1 Å². The summed E-state index contributed by atoms with van der Waals surface area (Å²) in [5.41, 5.74) is 3.59. The van der Waals surface area contributed by atoms with E-state index in [0.29, 0.717) is 11.8 Å². The molecule has 2 N–H and O–H groups in total. The minimum atomic E-state index is 0.312. The van der Waals surface area contributed by atoms with Crippen LogP contribution in [0.3, 0.4) is 0 Å². The van der Waals surface area contributed by atoms with Crippen LogP contribution in [-0.2, 0) is 6.42 Å². The Hall–Kier alpha value is -1.48. The SMILES string of the molecule is Cc1c(Br)cccc1NC(C)Cc1ccc(O)cc1. The third-order valence-corrected chi connectivity index (χ3v) is 4.01. The molecule has 2 aromatic carbocycles. The Morgan fingerprint density at radius 2 is 1.84 bits per heavy atom. The van der Waals surface area contributed by atoms with E-state index in [1.54, 1.807) is 12.1 Å². The van der Waals surface area contributed by atoms with Crippen molar-refractivity contribution in [2.45, 2.75) is 26.3 Å². The van der Waals surface area contributed by atoms with Gasteiger partial charge in [0.15, 0.2) is 0 Å². The summed E-state index contributed by atoms with van der Waals surface area (Å²) in [5, 5.41) is 12.8. The third kappa shape index (κ3) is 3.74. The van der Waals surface area contributed by atoms with Gasteiger partial charge in [-0.2, -0.15) is 0 Å². The van der Waals surface area contributed by atoms with Crippen LogP contribution in [0, 0.1) is 6.92 Å². The molecule has 3 heteroatoms. The van der Waals surface area contributed by atoms with Crippen LogP contribution >= 0.6 is 15.9 Å². The van der Waals surface area contributed by atoms with Crippen LogP contribution in [0.5, 0.6) is 5.75 Å². The first-order valence-electron chi connectivity index (χ1n) is 6.36. The maximum absolute atomic E-state index is 9.27. The summed E-state index contributed by atoms with van der Waals surface area (Å²) in [6.07, 6.45) is 0.923. The molecule has 0 fully saturated rings. The molecule has 0 radical (unpaired) electrons. The number of hydrogen-bond donors (Lipinski definition) is 2. The average molecular weight is 320 g/mol. The third-order valence-electron chi connectivity index (χ3n) is 3.15. The first-order chi connectivity index (χ1) is 9.06. The van der Waals surface area contributed by atoms with Gasteiger partial charge in [-0.15, -0.1) is 0 Å². The fourth-order valence-corrected chi connectivity index (χ4v) is 2.43. The fraction of sp³-hybridized carbons (Fsp3) is 0.250. The molecule has 0 aliphatic rings. The molecule has 2 nitrogen and oxygen atoms in total. The summed E-state index contributed by atoms with van der Waals surface area (Å²) in [6.45, 7) is 4.26. The van der Waals surface area contributed by atoms with Crippen molar-refractivity contribution in [3.05, 3.63) is 58.1 Å². The van der Waals surface area contributed by atoms with Crippen LogP contribution in [0.15, 0.2) is 46.9 Å². The number of halogens is 1. The van der Waals surface area contributed by atoms with Gasteiger partial charge in [-0.25, -0.2) is 0 Å². The van der Waals surface area contributed by atoms with Gasteiger partial charge in [0.1, 0.15) is 5.75 Å². The summed E-state index contributed by atoms with van der Waals surface area (Å²) >= 11 is 3.54. The predicted molar refractivity (Wildman–Crippen MR) is 83.8 cm³/mol. The van der Waals surface area contributed by atoms with E-state index in [-0.39, 0.29) is 0 Å². The van der Waals surface area contributed by atoms with Gasteiger partial charge in [0, 0.05) is 16.2 Å². The Bertz CT molecular complexity index is 551. The zero-order valence-electron chi connectivity index (χ0n) is 11.2. The summed E-state index contributed by atoms with van der Waals surface area (Å²) in [4.78, 5) is 0. The van der Waals surface area contributed by atoms with Crippen LogP contribution in [0.4, 0.5) is 5.69 Å². The van der Waals surface area contributed by atoms with E-state index in [1.807, 2.05) is 24.3 Å². The first kappa shape index (κ1) is 13.9. The molecule has 2 aromatic rings. The molecule has 0 aliphatic carbocycles. The summed E-state index contributed by atoms with van der Waals surface area (Å²) in [6, 6.07) is 13.9. The lowest BCUT2D eigenvalue weighted by molar-refractivity contribution is 0.475. The van der Waals surface area contributed by atoms with Gasteiger partial charge >= 0.3 is 0 Å². The summed E-state index contributed by atoms with van der Waals surface area (Å²) < 4.78 is 1.12. The molecule has 2 rings (SSSR count). The number of phenolic OH excluding ortho intramolecular Hbond substituents is 1. The van der Waals surface area contributed by atoms with Crippen LogP contribution in [0.1, 0.15) is 18.1 Å². The van der Waals surface area contributed by atoms with E-state index in [1.165, 1.54) is 11.1 Å². The lowest BCUT2D eigenvalue weighted by atomic mass is 10.1. The van der Waals surface area contributed by atoms with Crippen LogP contribution in [0.25, 0.3) is 0 Å². The molecule has 1 atom stereocenters. The van der Waals surface area contributed by atoms with Crippen molar-refractivity contribution in [2.75, 3.05) is 5.32 Å². The van der Waals surface area contributed by atoms with Gasteiger partial charge in [0.2, 0.25) is 0 Å². The zero-order chi connectivity index (χ0) is 13.8. The van der Waals surface area contributed by atoms with Gasteiger partial charge in [-0.05, 0) is 55.7 Å². The first-order valence-corrected chi connectivity index (χ1v) is 7.15. The van der Waals surface area contributed by atoms with Crippen LogP contribution < -0.4 is 5.32 Å². The number of nitrogens with one attached hydrogen (secondary N) is 1. The quantitative estimate of drug-likeness (QED) is 0.869. The highest BCUT2D eigenvalue weighted by atomic mass is 79.9. The lowest BCUT2D eigenvalue weighted by Crippen LogP contribution is -2.18. The number of aromatic hydroxyl groups is 1. The van der Waals surface area contributed by atoms with Crippen molar-refractivity contribution in [2.24, 2.45) is 0 Å². The van der Waals surface area contributed by atoms with Crippen molar-refractivity contribution >= 4 is 21.6 Å². The number of phenols is 1. The van der Waals surface area contributed by atoms with Crippen molar-refractivity contribution in [1.29, 1.82) is 0 Å². The van der Waals surface area contributed by atoms with Crippen molar-refractivity contribution < 1.29 is 5.11 Å². The van der Waals surface area contributed by atoms with E-state index >= 15 is 0 Å². The second-order valence-electron chi connectivity index (χ2n) is 4.83. The van der Waals surface area contributed by atoms with Crippen LogP contribution in [0.2, 0.25) is 0 Å². The standard InChI is InChI=1S/C16H18BrNO/c1-11(10-13-6-8-14(19)9-7-13)18-16-5-3-4-15(17)12(16)2/h3-9,11,18-19H,10H2,1-2H3. The van der Waals surface area contributed by atoms with Gasteiger partial charge in [0.25, 0.3) is 0 Å². The Morgan fingerprint density at radius 3 is 2.53 bits per heavy atom. The highest BCUT2D eigenvalue weighted by Gasteiger charge is 2.07. The monoisotopic (exact) mass is 319 g/mol. The molecule has 0 saturated heterocycles. The predicted octanol–water partition coefficient (Wildman–Crippen LogP) is 4.51. The zero-order valence-corrected chi connectivity index (χ0v) is 12.7. The molecule has 100 valence electrons. The molecule has 0 heterocycles. The smallest absolute Gasteiger partial charge is 0.115 e. The van der Waals surface area contributed by atoms with E-state index in [9.17, 15) is 5.11 Å². The number of anilines is 1. The Balaban J connectivity index is 2.03. The van der Waals surface area contributed by atoms with E-state index in [0.717, 1.165) is 16.6 Å². The van der Waals surface area contributed by atoms with Gasteiger partial charge in [0.05, 0.1) is 0 Å². The normalized spacial score (nSPS) is 12.2. The highest BCUT2D eigenvalue weighted by molar-refractivity contribution is 9.10. The van der Waals surface area contributed by atoms with E-state index in [2.05, 4.69) is 41.2 Å². The second kappa shape index (κ2) is 6.11. The van der Waals surface area contributed by atoms with Crippen molar-refractivity contribution in [1.82, 2.24) is 0 Å². The summed E-state index contributed by atoms with van der Waals surface area (Å²) in [7, 11) is 0. The van der Waals surface area contributed by atoms with Crippen molar-refractivity contribution in [3.8, 4) is 5.75 Å². The molecular formula is C16H18BrNO. The molecule has 0 spiro atoms. The maximum Gasteiger partial charge on any atom is 0.115 e. The molecule has 0 aromatic heterocycles. The Labute approximate surface area is 122 Å². The van der Waals surface area contributed by atoms with Crippen molar-refractivity contribution in [3.63, 3.8) is 0 Å². The molecule has 0 bridgehead atoms. The topological polar surface area (TPSA) is 32.3 Å². The minimum Gasteiger partial charge on any atom is -0.508 e. The highest BCUT2D eigenvalue weighted by Crippen LogP contribution is 2.24. The fourth-order valence-electron chi connectivity index (χ4n) is 2.07. The van der Waals surface area contributed by atoms with Gasteiger partial charge < -0.3 is 10.4 Å². The van der Waals surface area contributed by atoms with E-state index in [4.69, 9.17) is 0 Å². The molecule has 0 aliphatic heterocycles. The Morgan fingerprint density at radius 1 is 1.16 bits per heavy atom. The maximum atomic E-state index is 9.27. The second-order valence-corrected chi connectivity index (χ2v) is 5.68. The van der Waals surface area contributed by atoms with Gasteiger partial charge in [-0.1, -0.05) is 34.1 Å². The molecule has 1 unspecified atom stereocenters. The Kier molecular flexibility index (Phi) is 4.48. The number of rotatable bonds is 4. The summed E-state index contributed by atoms with van der Waals surface area (Å²) in [5.74, 6) is 0.312. The molecule has 0 saturated carbocycles. The number of benzene rings is 2. The van der Waals surface area contributed by atoms with Gasteiger partial charge in [-0.3, -0.25) is 0 Å². The number of hydrogen-bond acceptors (Lipinski definition) is 2. The largest absolute Gasteiger partial charge is 0.508 e. The molecular weight excluding hydrogens is 302 g/mol. The molecule has 19 heavy (non-hydrogen) atoms. The average Bonchev–Trinajstić information content (AvgIpc) is 2.38.